The van der Waals surface area contributed by atoms with Crippen LogP contribution in [0.2, 0.25) is 0 Å². The Morgan fingerprint density at radius 3 is 2.00 bits per heavy atom. The SMILES string of the molecule is NCC(=O)N[C@@H](CO)C(=O)N[C@@H](CCC(=O)O)C(=O)NCC(=O)O. The van der Waals surface area contributed by atoms with Crippen LogP contribution < -0.4 is 21.7 Å². The molecule has 0 rings (SSSR count). The lowest BCUT2D eigenvalue weighted by Gasteiger charge is -2.21. The summed E-state index contributed by atoms with van der Waals surface area (Å²) in [5.41, 5.74) is 5.06. The molecule has 0 aliphatic heterocycles. The summed E-state index contributed by atoms with van der Waals surface area (Å²) in [5, 5.41) is 32.5. The van der Waals surface area contributed by atoms with E-state index in [4.69, 9.17) is 21.1 Å². The Kier molecular flexibility index (Phi) is 9.67. The molecule has 0 aliphatic rings. The number of aliphatic hydroxyl groups excluding tert-OH is 1. The predicted molar refractivity (Wildman–Crippen MR) is 77.5 cm³/mol. The third-order valence-corrected chi connectivity index (χ3v) is 2.71. The van der Waals surface area contributed by atoms with Crippen LogP contribution in [0, 0.1) is 0 Å². The molecule has 0 heterocycles. The number of hydrogen-bond acceptors (Lipinski definition) is 7. The van der Waals surface area contributed by atoms with Gasteiger partial charge in [-0.25, -0.2) is 0 Å². The lowest BCUT2D eigenvalue weighted by molar-refractivity contribution is -0.140. The Labute approximate surface area is 136 Å². The van der Waals surface area contributed by atoms with Crippen LogP contribution in [0.5, 0.6) is 0 Å². The highest BCUT2D eigenvalue weighted by Crippen LogP contribution is 1.99. The molecule has 2 atom stereocenters. The van der Waals surface area contributed by atoms with Gasteiger partial charge < -0.3 is 37.0 Å². The molecule has 0 unspecified atom stereocenters. The molecule has 0 aromatic carbocycles. The van der Waals surface area contributed by atoms with Gasteiger partial charge in [0.1, 0.15) is 18.6 Å². The fourth-order valence-corrected chi connectivity index (χ4v) is 1.54. The molecule has 136 valence electrons. The molecule has 0 bridgehead atoms. The minimum Gasteiger partial charge on any atom is -0.481 e. The number of aliphatic hydroxyl groups is 1. The maximum atomic E-state index is 12.0. The van der Waals surface area contributed by atoms with E-state index in [9.17, 15) is 24.0 Å². The van der Waals surface area contributed by atoms with E-state index in [0.29, 0.717) is 0 Å². The molecule has 0 saturated carbocycles. The van der Waals surface area contributed by atoms with Crippen LogP contribution in [0.15, 0.2) is 0 Å². The first-order valence-corrected chi connectivity index (χ1v) is 6.83. The van der Waals surface area contributed by atoms with E-state index in [-0.39, 0.29) is 6.42 Å². The highest BCUT2D eigenvalue weighted by molar-refractivity contribution is 5.93. The fourth-order valence-electron chi connectivity index (χ4n) is 1.54. The van der Waals surface area contributed by atoms with Gasteiger partial charge in [-0.05, 0) is 6.42 Å². The van der Waals surface area contributed by atoms with Crippen molar-refractivity contribution in [2.75, 3.05) is 19.7 Å². The highest BCUT2D eigenvalue weighted by Gasteiger charge is 2.26. The second-order valence-corrected chi connectivity index (χ2v) is 4.61. The van der Waals surface area contributed by atoms with Crippen molar-refractivity contribution in [1.82, 2.24) is 16.0 Å². The van der Waals surface area contributed by atoms with E-state index in [0.717, 1.165) is 0 Å². The molecule has 3 amide bonds. The number of nitrogens with one attached hydrogen (secondary N) is 3. The van der Waals surface area contributed by atoms with E-state index in [2.05, 4.69) is 10.6 Å². The zero-order valence-electron chi connectivity index (χ0n) is 12.7. The monoisotopic (exact) mass is 348 g/mol. The molecule has 0 aromatic rings. The van der Waals surface area contributed by atoms with Crippen molar-refractivity contribution in [3.63, 3.8) is 0 Å². The van der Waals surface area contributed by atoms with Gasteiger partial charge in [0.25, 0.3) is 0 Å². The van der Waals surface area contributed by atoms with Crippen molar-refractivity contribution in [2.45, 2.75) is 24.9 Å². The van der Waals surface area contributed by atoms with Crippen molar-refractivity contribution in [1.29, 1.82) is 0 Å². The molecule has 0 aliphatic carbocycles. The normalized spacial score (nSPS) is 12.6. The molecule has 0 radical (unpaired) electrons. The van der Waals surface area contributed by atoms with Gasteiger partial charge in [0.05, 0.1) is 13.2 Å². The molecule has 0 aromatic heterocycles. The average Bonchev–Trinajstić information content (AvgIpc) is 2.53. The van der Waals surface area contributed by atoms with Crippen LogP contribution in [0.25, 0.3) is 0 Å². The van der Waals surface area contributed by atoms with E-state index in [1.165, 1.54) is 0 Å². The number of hydrogen-bond donors (Lipinski definition) is 7. The Morgan fingerprint density at radius 1 is 0.917 bits per heavy atom. The number of rotatable bonds is 11. The van der Waals surface area contributed by atoms with Crippen LogP contribution >= 0.6 is 0 Å². The maximum Gasteiger partial charge on any atom is 0.322 e. The van der Waals surface area contributed by atoms with Gasteiger partial charge in [-0.1, -0.05) is 0 Å². The molecular weight excluding hydrogens is 328 g/mol. The molecule has 12 heteroatoms. The van der Waals surface area contributed by atoms with Crippen molar-refractivity contribution in [2.24, 2.45) is 5.73 Å². The van der Waals surface area contributed by atoms with E-state index >= 15 is 0 Å². The number of amides is 3. The van der Waals surface area contributed by atoms with Crippen LogP contribution in [0.3, 0.4) is 0 Å². The summed E-state index contributed by atoms with van der Waals surface area (Å²) >= 11 is 0. The van der Waals surface area contributed by atoms with Crippen molar-refractivity contribution in [3.8, 4) is 0 Å². The number of carbonyl (C=O) groups excluding carboxylic acids is 3. The van der Waals surface area contributed by atoms with Gasteiger partial charge in [-0.2, -0.15) is 0 Å². The largest absolute Gasteiger partial charge is 0.481 e. The molecule has 0 saturated heterocycles. The lowest BCUT2D eigenvalue weighted by atomic mass is 10.1. The first-order chi connectivity index (χ1) is 11.2. The lowest BCUT2D eigenvalue weighted by Crippen LogP contribution is -2.56. The van der Waals surface area contributed by atoms with E-state index in [1.807, 2.05) is 5.32 Å². The summed E-state index contributed by atoms with van der Waals surface area (Å²) in [6, 6.07) is -2.74. The van der Waals surface area contributed by atoms with E-state index < -0.39 is 67.9 Å². The van der Waals surface area contributed by atoms with Crippen molar-refractivity contribution < 1.29 is 39.3 Å². The quantitative estimate of drug-likeness (QED) is 0.193. The summed E-state index contributed by atoms with van der Waals surface area (Å²) in [6.07, 6.45) is -0.778. The van der Waals surface area contributed by atoms with Crippen LogP contribution in [0.1, 0.15) is 12.8 Å². The summed E-state index contributed by atoms with van der Waals surface area (Å²) in [5.74, 6) is -5.12. The van der Waals surface area contributed by atoms with Crippen molar-refractivity contribution >= 4 is 29.7 Å². The van der Waals surface area contributed by atoms with Gasteiger partial charge in [0.2, 0.25) is 17.7 Å². The first kappa shape index (κ1) is 21.3. The predicted octanol–water partition coefficient (Wildman–Crippen LogP) is -4.03. The highest BCUT2D eigenvalue weighted by atomic mass is 16.4. The Hall–Kier alpha value is -2.73. The number of aliphatic carboxylic acids is 2. The van der Waals surface area contributed by atoms with Gasteiger partial charge >= 0.3 is 11.9 Å². The number of nitrogens with two attached hydrogens (primary N) is 1. The minimum atomic E-state index is -1.39. The standard InChI is InChI=1S/C12H20N4O8/c13-3-8(18)15-7(5-17)12(24)16-6(1-2-9(19)20)11(23)14-4-10(21)22/h6-7,17H,1-5,13H2,(H,14,23)(H,15,18)(H,16,24)(H,19,20)(H,21,22)/t6-,7-/m0/s1. The maximum absolute atomic E-state index is 12.0. The second-order valence-electron chi connectivity index (χ2n) is 4.61. The zero-order chi connectivity index (χ0) is 18.7. The topological polar surface area (TPSA) is 208 Å². The smallest absolute Gasteiger partial charge is 0.322 e. The summed E-state index contributed by atoms with van der Waals surface area (Å²) < 4.78 is 0. The average molecular weight is 348 g/mol. The van der Waals surface area contributed by atoms with Gasteiger partial charge in [0, 0.05) is 6.42 Å². The van der Waals surface area contributed by atoms with Gasteiger partial charge in [-0.3, -0.25) is 24.0 Å². The Bertz CT molecular complexity index is 495. The first-order valence-electron chi connectivity index (χ1n) is 6.83. The second kappa shape index (κ2) is 10.9. The number of carboxylic acid groups (broad SMARTS) is 2. The summed E-state index contributed by atoms with van der Waals surface area (Å²) in [6.45, 7) is -1.92. The van der Waals surface area contributed by atoms with Crippen LogP contribution in [0.4, 0.5) is 0 Å². The summed E-state index contributed by atoms with van der Waals surface area (Å²) in [4.78, 5) is 56.0. The third-order valence-electron chi connectivity index (χ3n) is 2.71. The molecule has 0 fully saturated rings. The zero-order valence-corrected chi connectivity index (χ0v) is 12.7. The number of carbonyl (C=O) groups is 5. The van der Waals surface area contributed by atoms with Crippen LogP contribution in [-0.2, 0) is 24.0 Å². The molecular formula is C12H20N4O8. The molecule has 8 N–H and O–H groups in total. The van der Waals surface area contributed by atoms with Crippen LogP contribution in [-0.4, -0.2) is 76.8 Å². The van der Waals surface area contributed by atoms with Gasteiger partial charge in [-0.15, -0.1) is 0 Å². The third kappa shape index (κ3) is 8.65. The summed E-state index contributed by atoms with van der Waals surface area (Å²) in [7, 11) is 0. The van der Waals surface area contributed by atoms with Gasteiger partial charge in [0.15, 0.2) is 0 Å². The number of carboxylic acids is 2. The Morgan fingerprint density at radius 2 is 1.54 bits per heavy atom. The molecule has 24 heavy (non-hydrogen) atoms. The molecule has 12 nitrogen and oxygen atoms in total. The molecule has 0 spiro atoms. The minimum absolute atomic E-state index is 0.310. The van der Waals surface area contributed by atoms with Crippen molar-refractivity contribution in [3.05, 3.63) is 0 Å². The Balaban J connectivity index is 4.90. The fraction of sp³-hybridized carbons (Fsp3) is 0.583. The van der Waals surface area contributed by atoms with E-state index in [1.54, 1.807) is 0 Å².